The zero-order valence-corrected chi connectivity index (χ0v) is 14.9. The van der Waals surface area contributed by atoms with E-state index in [9.17, 15) is 9.18 Å². The number of halogens is 1. The summed E-state index contributed by atoms with van der Waals surface area (Å²) < 4.78 is 14.8. The summed E-state index contributed by atoms with van der Waals surface area (Å²) in [5, 5.41) is 7.23. The van der Waals surface area contributed by atoms with Gasteiger partial charge in [-0.25, -0.2) is 9.07 Å². The molecule has 2 heterocycles. The van der Waals surface area contributed by atoms with Crippen LogP contribution in [0.3, 0.4) is 0 Å². The fourth-order valence-electron chi connectivity index (χ4n) is 3.41. The van der Waals surface area contributed by atoms with Gasteiger partial charge >= 0.3 is 0 Å². The van der Waals surface area contributed by atoms with Crippen molar-refractivity contribution >= 4 is 11.6 Å². The first-order valence-corrected chi connectivity index (χ1v) is 9.09. The lowest BCUT2D eigenvalue weighted by Crippen LogP contribution is -2.31. The van der Waals surface area contributed by atoms with Crippen molar-refractivity contribution < 1.29 is 9.18 Å². The van der Waals surface area contributed by atoms with Crippen molar-refractivity contribution in [3.63, 3.8) is 0 Å². The van der Waals surface area contributed by atoms with Crippen LogP contribution in [0.2, 0.25) is 0 Å². The highest BCUT2D eigenvalue weighted by Crippen LogP contribution is 2.23. The maximum absolute atomic E-state index is 13.3. The molecule has 2 aromatic carbocycles. The number of carbonyl (C=O) groups is 1. The van der Waals surface area contributed by atoms with Gasteiger partial charge in [-0.15, -0.1) is 0 Å². The number of amides is 1. The number of hydrogen-bond donors (Lipinski definition) is 1. The highest BCUT2D eigenvalue weighted by Gasteiger charge is 2.23. The maximum atomic E-state index is 13.3. The quantitative estimate of drug-likeness (QED) is 0.756. The van der Waals surface area contributed by atoms with Gasteiger partial charge in [-0.3, -0.25) is 4.79 Å². The molecule has 0 saturated carbocycles. The molecule has 1 aromatic heterocycles. The molecular formula is C21H21FN4O. The second kappa shape index (κ2) is 7.61. The van der Waals surface area contributed by atoms with E-state index in [2.05, 4.69) is 27.4 Å². The zero-order chi connectivity index (χ0) is 18.6. The van der Waals surface area contributed by atoms with E-state index in [1.54, 1.807) is 24.4 Å². The Balaban J connectivity index is 1.33. The number of nitrogens with zero attached hydrogens (tertiary/aromatic N) is 3. The van der Waals surface area contributed by atoms with E-state index in [0.29, 0.717) is 23.8 Å². The Morgan fingerprint density at radius 3 is 2.74 bits per heavy atom. The average molecular weight is 364 g/mol. The van der Waals surface area contributed by atoms with Crippen LogP contribution < -0.4 is 10.2 Å². The summed E-state index contributed by atoms with van der Waals surface area (Å²) in [6, 6.07) is 18.1. The normalized spacial score (nSPS) is 16.5. The number of benzene rings is 2. The molecule has 1 saturated heterocycles. The lowest BCUT2D eigenvalue weighted by atomic mass is 10.1. The topological polar surface area (TPSA) is 50.2 Å². The molecule has 1 atom stereocenters. The number of carbonyl (C=O) groups excluding carboxylic acids is 1. The van der Waals surface area contributed by atoms with Gasteiger partial charge in [0.2, 0.25) is 0 Å². The summed E-state index contributed by atoms with van der Waals surface area (Å²) in [6.07, 6.45) is 2.71. The summed E-state index contributed by atoms with van der Waals surface area (Å²) >= 11 is 0. The second-order valence-corrected chi connectivity index (χ2v) is 6.77. The fraction of sp³-hybridized carbons (Fsp3) is 0.238. The van der Waals surface area contributed by atoms with Crippen molar-refractivity contribution in [2.45, 2.75) is 6.42 Å². The van der Waals surface area contributed by atoms with Crippen LogP contribution in [-0.4, -0.2) is 35.3 Å². The van der Waals surface area contributed by atoms with E-state index in [0.717, 1.165) is 19.5 Å². The summed E-state index contributed by atoms with van der Waals surface area (Å²) in [4.78, 5) is 14.7. The average Bonchev–Trinajstić information content (AvgIpc) is 3.37. The number of rotatable bonds is 5. The second-order valence-electron chi connectivity index (χ2n) is 6.77. The van der Waals surface area contributed by atoms with Gasteiger partial charge < -0.3 is 10.2 Å². The Morgan fingerprint density at radius 1 is 1.11 bits per heavy atom. The SMILES string of the molecule is O=C(NCC1CCN(c2ccccc2)C1)c1ccn(-c2cccc(F)c2)n1. The van der Waals surface area contributed by atoms with Crippen molar-refractivity contribution in [1.82, 2.24) is 15.1 Å². The van der Waals surface area contributed by atoms with Gasteiger partial charge in [0.25, 0.3) is 5.91 Å². The Kier molecular flexibility index (Phi) is 4.87. The third-order valence-corrected chi connectivity index (χ3v) is 4.85. The summed E-state index contributed by atoms with van der Waals surface area (Å²) in [5.74, 6) is -0.124. The zero-order valence-electron chi connectivity index (χ0n) is 14.9. The molecule has 0 aliphatic carbocycles. The first-order valence-electron chi connectivity index (χ1n) is 9.09. The molecule has 1 amide bonds. The molecule has 5 nitrogen and oxygen atoms in total. The molecule has 27 heavy (non-hydrogen) atoms. The molecule has 1 fully saturated rings. The molecular weight excluding hydrogens is 343 g/mol. The lowest BCUT2D eigenvalue weighted by molar-refractivity contribution is 0.0943. The van der Waals surface area contributed by atoms with Crippen molar-refractivity contribution in [3.8, 4) is 5.69 Å². The van der Waals surface area contributed by atoms with Gasteiger partial charge in [0.15, 0.2) is 5.69 Å². The summed E-state index contributed by atoms with van der Waals surface area (Å²) in [5.41, 5.74) is 2.14. The van der Waals surface area contributed by atoms with E-state index in [1.165, 1.54) is 22.5 Å². The van der Waals surface area contributed by atoms with Gasteiger partial charge in [-0.1, -0.05) is 24.3 Å². The van der Waals surface area contributed by atoms with Crippen LogP contribution in [0.25, 0.3) is 5.69 Å². The lowest BCUT2D eigenvalue weighted by Gasteiger charge is -2.18. The van der Waals surface area contributed by atoms with E-state index in [1.807, 2.05) is 18.2 Å². The molecule has 1 aliphatic rings. The Morgan fingerprint density at radius 2 is 1.93 bits per heavy atom. The van der Waals surface area contributed by atoms with Gasteiger partial charge in [-0.2, -0.15) is 5.10 Å². The van der Waals surface area contributed by atoms with E-state index < -0.39 is 0 Å². The van der Waals surface area contributed by atoms with Crippen molar-refractivity contribution in [2.75, 3.05) is 24.5 Å². The van der Waals surface area contributed by atoms with Crippen LogP contribution in [0.15, 0.2) is 66.9 Å². The van der Waals surface area contributed by atoms with Crippen LogP contribution in [-0.2, 0) is 0 Å². The van der Waals surface area contributed by atoms with Crippen molar-refractivity contribution in [3.05, 3.63) is 78.4 Å². The van der Waals surface area contributed by atoms with Gasteiger partial charge in [-0.05, 0) is 48.7 Å². The number of aromatic nitrogens is 2. The highest BCUT2D eigenvalue weighted by molar-refractivity contribution is 5.92. The van der Waals surface area contributed by atoms with Crippen LogP contribution in [0.1, 0.15) is 16.9 Å². The predicted molar refractivity (Wildman–Crippen MR) is 103 cm³/mol. The molecule has 6 heteroatoms. The minimum Gasteiger partial charge on any atom is -0.371 e. The molecule has 0 radical (unpaired) electrons. The van der Waals surface area contributed by atoms with Gasteiger partial charge in [0.1, 0.15) is 5.82 Å². The van der Waals surface area contributed by atoms with Gasteiger partial charge in [0, 0.05) is 31.5 Å². The minimum absolute atomic E-state index is 0.205. The molecule has 4 rings (SSSR count). The predicted octanol–water partition coefficient (Wildman–Crippen LogP) is 3.27. The molecule has 1 unspecified atom stereocenters. The van der Waals surface area contributed by atoms with Crippen LogP contribution in [0.5, 0.6) is 0 Å². The number of anilines is 1. The molecule has 1 N–H and O–H groups in total. The molecule has 0 spiro atoms. The third kappa shape index (κ3) is 4.00. The van der Waals surface area contributed by atoms with Gasteiger partial charge in [0.05, 0.1) is 5.69 Å². The monoisotopic (exact) mass is 364 g/mol. The van der Waals surface area contributed by atoms with Crippen LogP contribution in [0, 0.1) is 11.7 Å². The minimum atomic E-state index is -0.335. The number of hydrogen-bond acceptors (Lipinski definition) is 3. The molecule has 1 aliphatic heterocycles. The van der Waals surface area contributed by atoms with Crippen LogP contribution >= 0.6 is 0 Å². The van der Waals surface area contributed by atoms with E-state index in [-0.39, 0.29) is 11.7 Å². The summed E-state index contributed by atoms with van der Waals surface area (Å²) in [7, 11) is 0. The maximum Gasteiger partial charge on any atom is 0.271 e. The van der Waals surface area contributed by atoms with E-state index >= 15 is 0 Å². The van der Waals surface area contributed by atoms with Crippen LogP contribution in [0.4, 0.5) is 10.1 Å². The summed E-state index contributed by atoms with van der Waals surface area (Å²) in [6.45, 7) is 2.55. The molecule has 3 aromatic rings. The third-order valence-electron chi connectivity index (χ3n) is 4.85. The Bertz CT molecular complexity index is 925. The highest BCUT2D eigenvalue weighted by atomic mass is 19.1. The number of nitrogens with one attached hydrogen (secondary N) is 1. The van der Waals surface area contributed by atoms with E-state index in [4.69, 9.17) is 0 Å². The molecule has 0 bridgehead atoms. The Labute approximate surface area is 157 Å². The van der Waals surface area contributed by atoms with Crippen molar-refractivity contribution in [2.24, 2.45) is 5.92 Å². The first kappa shape index (κ1) is 17.3. The molecule has 138 valence electrons. The van der Waals surface area contributed by atoms with Crippen molar-refractivity contribution in [1.29, 1.82) is 0 Å². The smallest absolute Gasteiger partial charge is 0.271 e. The Hall–Kier alpha value is -3.15. The number of para-hydroxylation sites is 1. The first-order chi connectivity index (χ1) is 13.2. The fourth-order valence-corrected chi connectivity index (χ4v) is 3.41. The standard InChI is InChI=1S/C21H21FN4O/c22-17-5-4-8-19(13-17)26-12-10-20(24-26)21(27)23-14-16-9-11-25(15-16)18-6-2-1-3-7-18/h1-8,10,12-13,16H,9,11,14-15H2,(H,23,27). The largest absolute Gasteiger partial charge is 0.371 e.